The quantitative estimate of drug-likeness (QED) is 0.624. The van der Waals surface area contributed by atoms with Gasteiger partial charge in [-0.05, 0) is 31.9 Å². The van der Waals surface area contributed by atoms with E-state index in [0.29, 0.717) is 18.5 Å². The standard InChI is InChI=1S/C17H23N3O3/c1-3-17(2,8-9-21)20-15(22)11-18-16(23)14-10-12-6-4-5-7-13(12)19-14/h4-7,10,19,21H,3,8-9,11H2,1-2H3,(H,18,23)(H,20,22). The number of aliphatic hydroxyl groups excluding tert-OH is 1. The highest BCUT2D eigenvalue weighted by molar-refractivity contribution is 5.99. The number of rotatable bonds is 7. The van der Waals surface area contributed by atoms with Gasteiger partial charge in [0.15, 0.2) is 0 Å². The molecule has 6 heteroatoms. The Morgan fingerprint density at radius 2 is 2.04 bits per heavy atom. The summed E-state index contributed by atoms with van der Waals surface area (Å²) in [5.41, 5.74) is 0.841. The molecule has 1 aromatic heterocycles. The summed E-state index contributed by atoms with van der Waals surface area (Å²) < 4.78 is 0. The molecule has 0 aliphatic rings. The van der Waals surface area contributed by atoms with Gasteiger partial charge in [-0.2, -0.15) is 0 Å². The van der Waals surface area contributed by atoms with E-state index in [2.05, 4.69) is 15.6 Å². The second-order valence-electron chi connectivity index (χ2n) is 5.89. The molecule has 6 nitrogen and oxygen atoms in total. The number of aliphatic hydroxyl groups is 1. The topological polar surface area (TPSA) is 94.2 Å². The number of hydrogen-bond donors (Lipinski definition) is 4. The first kappa shape index (κ1) is 17.0. The first-order chi connectivity index (χ1) is 11.0. The maximum absolute atomic E-state index is 12.1. The Morgan fingerprint density at radius 3 is 2.70 bits per heavy atom. The summed E-state index contributed by atoms with van der Waals surface area (Å²) in [7, 11) is 0. The molecule has 1 atom stereocenters. The fraction of sp³-hybridized carbons (Fsp3) is 0.412. The molecule has 124 valence electrons. The lowest BCUT2D eigenvalue weighted by atomic mass is 9.95. The number of nitrogens with one attached hydrogen (secondary N) is 3. The van der Waals surface area contributed by atoms with Crippen molar-refractivity contribution >= 4 is 22.7 Å². The number of H-pyrrole nitrogens is 1. The van der Waals surface area contributed by atoms with Gasteiger partial charge in [-0.3, -0.25) is 9.59 Å². The van der Waals surface area contributed by atoms with E-state index < -0.39 is 5.54 Å². The van der Waals surface area contributed by atoms with Crippen molar-refractivity contribution in [3.05, 3.63) is 36.0 Å². The van der Waals surface area contributed by atoms with Crippen molar-refractivity contribution < 1.29 is 14.7 Å². The van der Waals surface area contributed by atoms with Crippen LogP contribution in [0.4, 0.5) is 0 Å². The molecule has 2 aromatic rings. The predicted octanol–water partition coefficient (Wildman–Crippen LogP) is 1.56. The average Bonchev–Trinajstić information content (AvgIpc) is 2.97. The fourth-order valence-electron chi connectivity index (χ4n) is 2.41. The van der Waals surface area contributed by atoms with Gasteiger partial charge in [-0.1, -0.05) is 25.1 Å². The highest BCUT2D eigenvalue weighted by Gasteiger charge is 2.23. The second-order valence-corrected chi connectivity index (χ2v) is 5.89. The summed E-state index contributed by atoms with van der Waals surface area (Å²) in [6.45, 7) is 3.72. The van der Waals surface area contributed by atoms with Crippen LogP contribution in [0.1, 0.15) is 37.2 Å². The van der Waals surface area contributed by atoms with E-state index in [4.69, 9.17) is 5.11 Å². The molecule has 0 saturated heterocycles. The van der Waals surface area contributed by atoms with E-state index in [1.54, 1.807) is 6.07 Å². The zero-order valence-electron chi connectivity index (χ0n) is 13.5. The summed E-state index contributed by atoms with van der Waals surface area (Å²) in [5.74, 6) is -0.594. The molecule has 0 bridgehead atoms. The summed E-state index contributed by atoms with van der Waals surface area (Å²) in [6.07, 6.45) is 1.18. The van der Waals surface area contributed by atoms with Crippen LogP contribution in [0.5, 0.6) is 0 Å². The summed E-state index contributed by atoms with van der Waals surface area (Å²) in [4.78, 5) is 27.1. The van der Waals surface area contributed by atoms with Crippen LogP contribution < -0.4 is 10.6 Å². The van der Waals surface area contributed by atoms with Gasteiger partial charge in [0, 0.05) is 23.0 Å². The van der Waals surface area contributed by atoms with E-state index in [9.17, 15) is 9.59 Å². The van der Waals surface area contributed by atoms with Crippen molar-refractivity contribution in [2.45, 2.75) is 32.2 Å². The van der Waals surface area contributed by atoms with Crippen LogP contribution in [0.2, 0.25) is 0 Å². The number of amides is 2. The molecule has 1 heterocycles. The maximum Gasteiger partial charge on any atom is 0.268 e. The summed E-state index contributed by atoms with van der Waals surface area (Å²) in [5, 5.41) is 15.5. The largest absolute Gasteiger partial charge is 0.396 e. The SMILES string of the molecule is CCC(C)(CCO)NC(=O)CNC(=O)c1cc2ccccc2[nH]1. The minimum atomic E-state index is -0.461. The predicted molar refractivity (Wildman–Crippen MR) is 89.2 cm³/mol. The zero-order chi connectivity index (χ0) is 16.9. The van der Waals surface area contributed by atoms with Crippen molar-refractivity contribution in [2.24, 2.45) is 0 Å². The third-order valence-electron chi connectivity index (χ3n) is 4.07. The van der Waals surface area contributed by atoms with Gasteiger partial charge in [0.05, 0.1) is 6.54 Å². The Hall–Kier alpha value is -2.34. The Bertz CT molecular complexity index is 662. The third kappa shape index (κ3) is 4.32. The van der Waals surface area contributed by atoms with Gasteiger partial charge < -0.3 is 20.7 Å². The van der Waals surface area contributed by atoms with Crippen molar-refractivity contribution in [3.63, 3.8) is 0 Å². The molecule has 0 aliphatic carbocycles. The average molecular weight is 317 g/mol. The van der Waals surface area contributed by atoms with Gasteiger partial charge in [0.25, 0.3) is 5.91 Å². The van der Waals surface area contributed by atoms with Gasteiger partial charge in [-0.25, -0.2) is 0 Å². The summed E-state index contributed by atoms with van der Waals surface area (Å²) >= 11 is 0. The molecule has 2 amide bonds. The van der Waals surface area contributed by atoms with Gasteiger partial charge in [0.1, 0.15) is 5.69 Å². The van der Waals surface area contributed by atoms with Gasteiger partial charge in [-0.15, -0.1) is 0 Å². The normalized spacial score (nSPS) is 13.5. The monoisotopic (exact) mass is 317 g/mol. The molecule has 2 rings (SSSR count). The van der Waals surface area contributed by atoms with Crippen LogP contribution in [0, 0.1) is 0 Å². The highest BCUT2D eigenvalue weighted by atomic mass is 16.3. The van der Waals surface area contributed by atoms with Crippen molar-refractivity contribution in [1.29, 1.82) is 0 Å². The lowest BCUT2D eigenvalue weighted by molar-refractivity contribution is -0.122. The zero-order valence-corrected chi connectivity index (χ0v) is 13.5. The molecule has 0 spiro atoms. The first-order valence-electron chi connectivity index (χ1n) is 7.75. The second kappa shape index (κ2) is 7.28. The maximum atomic E-state index is 12.1. The Morgan fingerprint density at radius 1 is 1.30 bits per heavy atom. The number of aromatic nitrogens is 1. The number of carbonyl (C=O) groups is 2. The molecule has 0 aliphatic heterocycles. The summed E-state index contributed by atoms with van der Waals surface area (Å²) in [6, 6.07) is 9.35. The molecule has 4 N–H and O–H groups in total. The molecule has 0 fully saturated rings. The minimum Gasteiger partial charge on any atom is -0.396 e. The molecule has 0 radical (unpaired) electrons. The van der Waals surface area contributed by atoms with Gasteiger partial charge >= 0.3 is 0 Å². The van der Waals surface area contributed by atoms with Crippen LogP contribution in [-0.4, -0.2) is 40.6 Å². The minimum absolute atomic E-state index is 0.00600. The third-order valence-corrected chi connectivity index (χ3v) is 4.07. The Balaban J connectivity index is 1.92. The van der Waals surface area contributed by atoms with Crippen LogP contribution in [0.3, 0.4) is 0 Å². The Kier molecular flexibility index (Phi) is 5.39. The highest BCUT2D eigenvalue weighted by Crippen LogP contribution is 2.15. The number of benzene rings is 1. The molecule has 0 saturated carbocycles. The van der Waals surface area contributed by atoms with Crippen molar-refractivity contribution in [1.82, 2.24) is 15.6 Å². The first-order valence-corrected chi connectivity index (χ1v) is 7.75. The van der Waals surface area contributed by atoms with Crippen molar-refractivity contribution in [2.75, 3.05) is 13.2 Å². The number of fused-ring (bicyclic) bond motifs is 1. The van der Waals surface area contributed by atoms with Crippen LogP contribution in [0.25, 0.3) is 10.9 Å². The van der Waals surface area contributed by atoms with E-state index in [0.717, 1.165) is 10.9 Å². The molecular weight excluding hydrogens is 294 g/mol. The number of carbonyl (C=O) groups excluding carboxylic acids is 2. The molecular formula is C17H23N3O3. The fourth-order valence-corrected chi connectivity index (χ4v) is 2.41. The Labute approximate surface area is 135 Å². The van der Waals surface area contributed by atoms with Crippen LogP contribution in [-0.2, 0) is 4.79 Å². The van der Waals surface area contributed by atoms with Crippen LogP contribution >= 0.6 is 0 Å². The van der Waals surface area contributed by atoms with E-state index in [1.807, 2.05) is 38.1 Å². The van der Waals surface area contributed by atoms with Crippen molar-refractivity contribution in [3.8, 4) is 0 Å². The van der Waals surface area contributed by atoms with E-state index in [1.165, 1.54) is 0 Å². The molecule has 1 unspecified atom stereocenters. The molecule has 23 heavy (non-hydrogen) atoms. The van der Waals surface area contributed by atoms with E-state index in [-0.39, 0.29) is 25.0 Å². The lowest BCUT2D eigenvalue weighted by Gasteiger charge is -2.29. The number of para-hydroxylation sites is 1. The lowest BCUT2D eigenvalue weighted by Crippen LogP contribution is -2.49. The number of aromatic amines is 1. The van der Waals surface area contributed by atoms with E-state index >= 15 is 0 Å². The number of hydrogen-bond acceptors (Lipinski definition) is 3. The molecule has 1 aromatic carbocycles. The van der Waals surface area contributed by atoms with Crippen LogP contribution in [0.15, 0.2) is 30.3 Å². The smallest absolute Gasteiger partial charge is 0.268 e. The van der Waals surface area contributed by atoms with Gasteiger partial charge in [0.2, 0.25) is 5.91 Å².